The molecule has 1 aromatic carbocycles. The Labute approximate surface area is 120 Å². The molecule has 7 nitrogen and oxygen atoms in total. The Hall–Kier alpha value is -2.57. The third-order valence-corrected chi connectivity index (χ3v) is 3.52. The van der Waals surface area contributed by atoms with Gasteiger partial charge in [0, 0.05) is 6.54 Å². The third-order valence-electron chi connectivity index (χ3n) is 3.52. The van der Waals surface area contributed by atoms with Gasteiger partial charge in [0.1, 0.15) is 5.75 Å². The number of ether oxygens (including phenoxy) is 1. The van der Waals surface area contributed by atoms with Crippen molar-refractivity contribution in [2.45, 2.75) is 6.54 Å². The Morgan fingerprint density at radius 2 is 1.57 bits per heavy atom. The Kier molecular flexibility index (Phi) is 4.11. The molecule has 2 atom stereocenters. The van der Waals surface area contributed by atoms with Crippen LogP contribution in [0.4, 0.5) is 0 Å². The maximum absolute atomic E-state index is 11.9. The van der Waals surface area contributed by atoms with Crippen LogP contribution in [0.3, 0.4) is 0 Å². The van der Waals surface area contributed by atoms with Crippen LogP contribution < -0.4 is 10.1 Å². The minimum Gasteiger partial charge on any atom is -0.497 e. The second kappa shape index (κ2) is 5.82. The Morgan fingerprint density at radius 3 is 2.00 bits per heavy atom. The molecule has 1 aliphatic rings. The van der Waals surface area contributed by atoms with Crippen molar-refractivity contribution in [1.29, 1.82) is 0 Å². The van der Waals surface area contributed by atoms with E-state index in [4.69, 9.17) is 14.9 Å². The largest absolute Gasteiger partial charge is 0.497 e. The van der Waals surface area contributed by atoms with E-state index in [1.807, 2.05) is 0 Å². The zero-order valence-electron chi connectivity index (χ0n) is 11.3. The zero-order chi connectivity index (χ0) is 15.6. The standard InChI is InChI=1S/C14H15NO6/c1-21-8-4-2-7(3-5-8)6-15-12(16)9-10(13(17)18)11(9)14(19)20/h2-5,9-11H,6H2,1H3,(H,15,16)(H,17,18)(H,19,20)/t10-,11-/m1/s1. The second-order valence-corrected chi connectivity index (χ2v) is 4.82. The van der Waals surface area contributed by atoms with E-state index >= 15 is 0 Å². The first-order valence-corrected chi connectivity index (χ1v) is 6.32. The number of carbonyl (C=O) groups excluding carboxylic acids is 1. The van der Waals surface area contributed by atoms with E-state index in [9.17, 15) is 14.4 Å². The molecule has 112 valence electrons. The van der Waals surface area contributed by atoms with Crippen LogP contribution in [-0.4, -0.2) is 35.2 Å². The van der Waals surface area contributed by atoms with Crippen molar-refractivity contribution in [3.8, 4) is 5.75 Å². The molecular formula is C14H15NO6. The lowest BCUT2D eigenvalue weighted by Gasteiger charge is -2.06. The lowest BCUT2D eigenvalue weighted by molar-refractivity contribution is -0.144. The van der Waals surface area contributed by atoms with E-state index in [1.165, 1.54) is 0 Å². The van der Waals surface area contributed by atoms with Crippen molar-refractivity contribution >= 4 is 17.8 Å². The van der Waals surface area contributed by atoms with Crippen molar-refractivity contribution in [3.63, 3.8) is 0 Å². The highest BCUT2D eigenvalue weighted by molar-refractivity contribution is 5.98. The van der Waals surface area contributed by atoms with Crippen LogP contribution >= 0.6 is 0 Å². The third kappa shape index (κ3) is 3.13. The van der Waals surface area contributed by atoms with Gasteiger partial charge in [-0.25, -0.2) is 0 Å². The summed E-state index contributed by atoms with van der Waals surface area (Å²) in [5, 5.41) is 20.3. The van der Waals surface area contributed by atoms with Gasteiger partial charge in [-0.05, 0) is 17.7 Å². The predicted octanol–water partition coefficient (Wildman–Crippen LogP) is 0.343. The highest BCUT2D eigenvalue weighted by atomic mass is 16.5. The summed E-state index contributed by atoms with van der Waals surface area (Å²) in [6.45, 7) is 0.206. The number of nitrogens with one attached hydrogen (secondary N) is 1. The number of benzene rings is 1. The maximum atomic E-state index is 11.9. The number of carboxylic acid groups (broad SMARTS) is 2. The summed E-state index contributed by atoms with van der Waals surface area (Å²) in [6, 6.07) is 6.99. The van der Waals surface area contributed by atoms with E-state index in [0.717, 1.165) is 5.56 Å². The molecule has 1 fully saturated rings. The summed E-state index contributed by atoms with van der Waals surface area (Å²) in [5.41, 5.74) is 0.809. The number of rotatable bonds is 6. The summed E-state index contributed by atoms with van der Waals surface area (Å²) in [5.74, 6) is -5.66. The monoisotopic (exact) mass is 293 g/mol. The van der Waals surface area contributed by atoms with Gasteiger partial charge in [-0.15, -0.1) is 0 Å². The summed E-state index contributed by atoms with van der Waals surface area (Å²) < 4.78 is 5.01. The molecule has 7 heteroatoms. The molecule has 0 saturated heterocycles. The highest BCUT2D eigenvalue weighted by Gasteiger charge is 2.63. The van der Waals surface area contributed by atoms with Gasteiger partial charge in [-0.3, -0.25) is 14.4 Å². The smallest absolute Gasteiger partial charge is 0.308 e. The number of amides is 1. The Morgan fingerprint density at radius 1 is 1.05 bits per heavy atom. The molecule has 1 saturated carbocycles. The first-order valence-electron chi connectivity index (χ1n) is 6.32. The first kappa shape index (κ1) is 14.8. The molecule has 0 spiro atoms. The van der Waals surface area contributed by atoms with E-state index in [1.54, 1.807) is 31.4 Å². The minimum atomic E-state index is -1.26. The average molecular weight is 293 g/mol. The van der Waals surface area contributed by atoms with Crippen LogP contribution in [0.15, 0.2) is 24.3 Å². The molecule has 0 aromatic heterocycles. The van der Waals surface area contributed by atoms with Gasteiger partial charge >= 0.3 is 11.9 Å². The van der Waals surface area contributed by atoms with Crippen molar-refractivity contribution in [1.82, 2.24) is 5.32 Å². The average Bonchev–Trinajstić information content (AvgIpc) is 3.21. The van der Waals surface area contributed by atoms with Gasteiger partial charge in [0.05, 0.1) is 24.9 Å². The summed E-state index contributed by atoms with van der Waals surface area (Å²) in [4.78, 5) is 33.6. The molecule has 0 aliphatic heterocycles. The quantitative estimate of drug-likeness (QED) is 0.697. The maximum Gasteiger partial charge on any atom is 0.308 e. The molecule has 0 heterocycles. The highest BCUT2D eigenvalue weighted by Crippen LogP contribution is 2.46. The molecule has 21 heavy (non-hydrogen) atoms. The summed E-state index contributed by atoms with van der Waals surface area (Å²) >= 11 is 0. The van der Waals surface area contributed by atoms with E-state index in [-0.39, 0.29) is 6.54 Å². The molecule has 1 amide bonds. The molecule has 1 aromatic rings. The fraction of sp³-hybridized carbons (Fsp3) is 0.357. The fourth-order valence-corrected chi connectivity index (χ4v) is 2.30. The number of carboxylic acids is 2. The SMILES string of the molecule is COc1ccc(CNC(=O)C2[C@@H](C(=O)O)[C@@H]2C(=O)O)cc1. The first-order chi connectivity index (χ1) is 9.95. The van der Waals surface area contributed by atoms with Crippen LogP contribution in [0.1, 0.15) is 5.56 Å². The normalized spacial score (nSPS) is 23.2. The molecule has 2 rings (SSSR count). The van der Waals surface area contributed by atoms with Crippen molar-refractivity contribution in [3.05, 3.63) is 29.8 Å². The zero-order valence-corrected chi connectivity index (χ0v) is 11.3. The summed E-state index contributed by atoms with van der Waals surface area (Å²) in [7, 11) is 1.54. The number of methoxy groups -OCH3 is 1. The number of carbonyl (C=O) groups is 3. The lowest BCUT2D eigenvalue weighted by Crippen LogP contribution is -2.26. The van der Waals surface area contributed by atoms with Gasteiger partial charge in [-0.2, -0.15) is 0 Å². The lowest BCUT2D eigenvalue weighted by atomic mass is 10.2. The van der Waals surface area contributed by atoms with Crippen molar-refractivity contribution < 1.29 is 29.3 Å². The van der Waals surface area contributed by atoms with Crippen molar-refractivity contribution in [2.24, 2.45) is 17.8 Å². The van der Waals surface area contributed by atoms with Gasteiger partial charge in [0.15, 0.2) is 0 Å². The van der Waals surface area contributed by atoms with E-state index in [0.29, 0.717) is 5.75 Å². The minimum absolute atomic E-state index is 0.206. The molecule has 0 unspecified atom stereocenters. The van der Waals surface area contributed by atoms with Gasteiger partial charge < -0.3 is 20.3 Å². The van der Waals surface area contributed by atoms with E-state index < -0.39 is 35.6 Å². The van der Waals surface area contributed by atoms with E-state index in [2.05, 4.69) is 5.32 Å². The molecular weight excluding hydrogens is 278 g/mol. The van der Waals surface area contributed by atoms with Gasteiger partial charge in [-0.1, -0.05) is 12.1 Å². The Bertz CT molecular complexity index is 547. The van der Waals surface area contributed by atoms with Crippen LogP contribution in [0, 0.1) is 17.8 Å². The van der Waals surface area contributed by atoms with Crippen LogP contribution in [0.2, 0.25) is 0 Å². The second-order valence-electron chi connectivity index (χ2n) is 4.82. The topological polar surface area (TPSA) is 113 Å². The molecule has 3 N–H and O–H groups in total. The molecule has 0 radical (unpaired) electrons. The van der Waals surface area contributed by atoms with Crippen LogP contribution in [0.25, 0.3) is 0 Å². The summed E-state index contributed by atoms with van der Waals surface area (Å²) in [6.07, 6.45) is 0. The predicted molar refractivity (Wildman–Crippen MR) is 70.6 cm³/mol. The molecule has 0 bridgehead atoms. The van der Waals surface area contributed by atoms with Gasteiger partial charge in [0.25, 0.3) is 0 Å². The van der Waals surface area contributed by atoms with Crippen LogP contribution in [0.5, 0.6) is 5.75 Å². The Balaban J connectivity index is 1.92. The molecule has 1 aliphatic carbocycles. The number of aliphatic carboxylic acids is 2. The van der Waals surface area contributed by atoms with Crippen LogP contribution in [-0.2, 0) is 20.9 Å². The van der Waals surface area contributed by atoms with Crippen molar-refractivity contribution in [2.75, 3.05) is 7.11 Å². The number of hydrogen-bond acceptors (Lipinski definition) is 4. The number of hydrogen-bond donors (Lipinski definition) is 3. The van der Waals surface area contributed by atoms with Gasteiger partial charge in [0.2, 0.25) is 5.91 Å². The fourth-order valence-electron chi connectivity index (χ4n) is 2.30.